The van der Waals surface area contributed by atoms with E-state index < -0.39 is 0 Å². The molecule has 1 aromatic carbocycles. The van der Waals surface area contributed by atoms with E-state index in [4.69, 9.17) is 5.73 Å². The fraction of sp³-hybridized carbons (Fsp3) is 0.455. The third-order valence-electron chi connectivity index (χ3n) is 2.34. The van der Waals surface area contributed by atoms with Gasteiger partial charge < -0.3 is 5.73 Å². The molecule has 1 atom stereocenters. The second-order valence-corrected chi connectivity index (χ2v) is 4.22. The van der Waals surface area contributed by atoms with Gasteiger partial charge in [0.2, 0.25) is 0 Å². The lowest BCUT2D eigenvalue weighted by atomic mass is 9.98. The zero-order chi connectivity index (χ0) is 10.6. The van der Waals surface area contributed by atoms with Crippen molar-refractivity contribution in [1.29, 1.82) is 0 Å². The molecule has 1 rings (SSSR count). The smallest absolute Gasteiger partial charge is 0.136 e. The Balaban J connectivity index is 2.88. The number of benzene rings is 1. The average Bonchev–Trinajstić information content (AvgIpc) is 2.19. The molecule has 0 aromatic heterocycles. The van der Waals surface area contributed by atoms with Crippen molar-refractivity contribution in [2.24, 2.45) is 5.73 Å². The summed E-state index contributed by atoms with van der Waals surface area (Å²) < 4.78 is 13.2. The minimum atomic E-state index is -0.138. The van der Waals surface area contributed by atoms with Gasteiger partial charge >= 0.3 is 0 Å². The molecule has 0 bridgehead atoms. The Morgan fingerprint density at radius 2 is 2.21 bits per heavy atom. The highest BCUT2D eigenvalue weighted by molar-refractivity contribution is 7.98. The van der Waals surface area contributed by atoms with E-state index in [1.165, 1.54) is 23.4 Å². The van der Waals surface area contributed by atoms with E-state index in [-0.39, 0.29) is 5.82 Å². The summed E-state index contributed by atoms with van der Waals surface area (Å²) in [6.07, 6.45) is 2.83. The van der Waals surface area contributed by atoms with Gasteiger partial charge in [0.05, 0.1) is 0 Å². The van der Waals surface area contributed by atoms with Crippen LogP contribution < -0.4 is 5.73 Å². The van der Waals surface area contributed by atoms with Gasteiger partial charge in [0, 0.05) is 4.90 Å². The van der Waals surface area contributed by atoms with E-state index in [1.54, 1.807) is 0 Å². The molecule has 0 radical (unpaired) electrons. The molecule has 0 aliphatic rings. The maximum Gasteiger partial charge on any atom is 0.136 e. The SMILES string of the molecule is CSc1cc(C(C)CCN)ccc1F. The Labute approximate surface area is 88.9 Å². The molecule has 1 aromatic rings. The Hall–Kier alpha value is -0.540. The van der Waals surface area contributed by atoms with Crippen LogP contribution in [0.1, 0.15) is 24.8 Å². The van der Waals surface area contributed by atoms with Crippen LogP contribution in [0.5, 0.6) is 0 Å². The summed E-state index contributed by atoms with van der Waals surface area (Å²) in [6, 6.07) is 5.30. The van der Waals surface area contributed by atoms with Crippen molar-refractivity contribution < 1.29 is 4.39 Å². The molecule has 78 valence electrons. The summed E-state index contributed by atoms with van der Waals surface area (Å²) >= 11 is 1.44. The lowest BCUT2D eigenvalue weighted by Gasteiger charge is -2.11. The molecular formula is C11H16FNS. The molecule has 0 saturated carbocycles. The number of halogens is 1. The molecule has 0 aliphatic carbocycles. The zero-order valence-electron chi connectivity index (χ0n) is 8.59. The van der Waals surface area contributed by atoms with Gasteiger partial charge in [0.15, 0.2) is 0 Å². The van der Waals surface area contributed by atoms with Gasteiger partial charge in [0.25, 0.3) is 0 Å². The summed E-state index contributed by atoms with van der Waals surface area (Å²) in [7, 11) is 0. The summed E-state index contributed by atoms with van der Waals surface area (Å²) in [5.74, 6) is 0.271. The van der Waals surface area contributed by atoms with Crippen LogP contribution in [0, 0.1) is 5.82 Å². The first-order valence-electron chi connectivity index (χ1n) is 4.72. The molecule has 1 unspecified atom stereocenters. The minimum Gasteiger partial charge on any atom is -0.330 e. The number of hydrogen-bond donors (Lipinski definition) is 1. The molecule has 1 nitrogen and oxygen atoms in total. The van der Waals surface area contributed by atoms with Crippen LogP contribution in [0.25, 0.3) is 0 Å². The maximum atomic E-state index is 13.2. The lowest BCUT2D eigenvalue weighted by molar-refractivity contribution is 0.597. The van der Waals surface area contributed by atoms with Crippen molar-refractivity contribution >= 4 is 11.8 Å². The van der Waals surface area contributed by atoms with Gasteiger partial charge in [-0.3, -0.25) is 0 Å². The van der Waals surface area contributed by atoms with E-state index in [0.29, 0.717) is 17.4 Å². The van der Waals surface area contributed by atoms with E-state index in [2.05, 4.69) is 6.92 Å². The molecule has 0 heterocycles. The normalized spacial score (nSPS) is 12.9. The third kappa shape index (κ3) is 2.72. The van der Waals surface area contributed by atoms with E-state index >= 15 is 0 Å². The first kappa shape index (κ1) is 11.5. The molecule has 2 N–H and O–H groups in total. The van der Waals surface area contributed by atoms with Crippen molar-refractivity contribution in [3.05, 3.63) is 29.6 Å². The predicted octanol–water partition coefficient (Wildman–Crippen LogP) is 3.00. The summed E-state index contributed by atoms with van der Waals surface area (Å²) in [5.41, 5.74) is 6.66. The van der Waals surface area contributed by atoms with Crippen LogP contribution in [-0.4, -0.2) is 12.8 Å². The van der Waals surface area contributed by atoms with Crippen LogP contribution in [0.3, 0.4) is 0 Å². The second-order valence-electron chi connectivity index (χ2n) is 3.37. The van der Waals surface area contributed by atoms with Crippen molar-refractivity contribution in [3.63, 3.8) is 0 Å². The maximum absolute atomic E-state index is 13.2. The Kier molecular flexibility index (Phi) is 4.42. The summed E-state index contributed by atoms with van der Waals surface area (Å²) in [4.78, 5) is 0.714. The highest BCUT2D eigenvalue weighted by atomic mass is 32.2. The molecule has 0 amide bonds. The molecule has 3 heteroatoms. The second kappa shape index (κ2) is 5.37. The Morgan fingerprint density at radius 3 is 2.79 bits per heavy atom. The highest BCUT2D eigenvalue weighted by Crippen LogP contribution is 2.25. The molecule has 0 aliphatic heterocycles. The van der Waals surface area contributed by atoms with Crippen molar-refractivity contribution in [1.82, 2.24) is 0 Å². The quantitative estimate of drug-likeness (QED) is 0.778. The number of thioether (sulfide) groups is 1. The Morgan fingerprint density at radius 1 is 1.50 bits per heavy atom. The van der Waals surface area contributed by atoms with Crippen molar-refractivity contribution in [3.8, 4) is 0 Å². The molecule has 14 heavy (non-hydrogen) atoms. The van der Waals surface area contributed by atoms with Gasteiger partial charge in [-0.15, -0.1) is 11.8 Å². The molecule has 0 fully saturated rings. The fourth-order valence-corrected chi connectivity index (χ4v) is 1.92. The van der Waals surface area contributed by atoms with Crippen LogP contribution >= 0.6 is 11.8 Å². The number of nitrogens with two attached hydrogens (primary N) is 1. The average molecular weight is 213 g/mol. The largest absolute Gasteiger partial charge is 0.330 e. The fourth-order valence-electron chi connectivity index (χ4n) is 1.40. The van der Waals surface area contributed by atoms with Crippen LogP contribution in [0.15, 0.2) is 23.1 Å². The predicted molar refractivity (Wildman–Crippen MR) is 60.3 cm³/mol. The van der Waals surface area contributed by atoms with Gasteiger partial charge in [-0.1, -0.05) is 13.0 Å². The first-order chi connectivity index (χ1) is 6.69. The first-order valence-corrected chi connectivity index (χ1v) is 5.95. The van der Waals surface area contributed by atoms with Crippen LogP contribution in [0.4, 0.5) is 4.39 Å². The van der Waals surface area contributed by atoms with E-state index in [9.17, 15) is 4.39 Å². The van der Waals surface area contributed by atoms with Gasteiger partial charge in [0.1, 0.15) is 5.82 Å². The number of hydrogen-bond acceptors (Lipinski definition) is 2. The van der Waals surface area contributed by atoms with E-state index in [0.717, 1.165) is 6.42 Å². The summed E-state index contributed by atoms with van der Waals surface area (Å²) in [5, 5.41) is 0. The highest BCUT2D eigenvalue weighted by Gasteiger charge is 2.07. The lowest BCUT2D eigenvalue weighted by Crippen LogP contribution is -2.04. The topological polar surface area (TPSA) is 26.0 Å². The van der Waals surface area contributed by atoms with Crippen molar-refractivity contribution in [2.75, 3.05) is 12.8 Å². The van der Waals surface area contributed by atoms with E-state index in [1.807, 2.05) is 18.4 Å². The van der Waals surface area contributed by atoms with Crippen LogP contribution in [-0.2, 0) is 0 Å². The minimum absolute atomic E-state index is 0.138. The van der Waals surface area contributed by atoms with Gasteiger partial charge in [-0.25, -0.2) is 4.39 Å². The summed E-state index contributed by atoms with van der Waals surface area (Å²) in [6.45, 7) is 2.79. The van der Waals surface area contributed by atoms with Gasteiger partial charge in [-0.05, 0) is 42.8 Å². The zero-order valence-corrected chi connectivity index (χ0v) is 9.40. The molecule has 0 spiro atoms. The molecule has 0 saturated heterocycles. The Bertz CT molecular complexity index is 301. The van der Waals surface area contributed by atoms with Crippen molar-refractivity contribution in [2.45, 2.75) is 24.2 Å². The number of rotatable bonds is 4. The monoisotopic (exact) mass is 213 g/mol. The standard InChI is InChI=1S/C11H16FNS/c1-8(5-6-13)9-3-4-10(12)11(7-9)14-2/h3-4,7-8H,5-6,13H2,1-2H3. The van der Waals surface area contributed by atoms with Crippen LogP contribution in [0.2, 0.25) is 0 Å². The molecular weight excluding hydrogens is 197 g/mol. The van der Waals surface area contributed by atoms with Gasteiger partial charge in [-0.2, -0.15) is 0 Å². The third-order valence-corrected chi connectivity index (χ3v) is 3.10.